The lowest BCUT2D eigenvalue weighted by atomic mass is 10.00. The number of carboxylic acids is 3. The number of amides is 4. The number of aliphatic carboxylic acids is 3. The van der Waals surface area contributed by atoms with E-state index in [2.05, 4.69) is 10.6 Å². The summed E-state index contributed by atoms with van der Waals surface area (Å²) < 4.78 is 0. The summed E-state index contributed by atoms with van der Waals surface area (Å²) in [5, 5.41) is 32.2. The van der Waals surface area contributed by atoms with Crippen LogP contribution >= 0.6 is 0 Å². The molecule has 1 aliphatic heterocycles. The third kappa shape index (κ3) is 18.6. The maximum absolute atomic E-state index is 12.2. The smallest absolute Gasteiger partial charge is 0.328 e. The van der Waals surface area contributed by atoms with Crippen LogP contribution in [-0.2, 0) is 33.6 Å². The third-order valence-electron chi connectivity index (χ3n) is 7.82. The number of carboxylic acid groups (broad SMARTS) is 3. The van der Waals surface area contributed by atoms with Crippen molar-refractivity contribution < 1.29 is 48.9 Å². The van der Waals surface area contributed by atoms with Crippen LogP contribution in [0.25, 0.3) is 0 Å². The van der Waals surface area contributed by atoms with Gasteiger partial charge < -0.3 is 26.0 Å². The zero-order valence-electron chi connectivity index (χ0n) is 26.3. The molecule has 45 heavy (non-hydrogen) atoms. The van der Waals surface area contributed by atoms with Crippen molar-refractivity contribution in [1.82, 2.24) is 15.5 Å². The lowest BCUT2D eigenvalue weighted by Crippen LogP contribution is -2.48. The molecule has 13 nitrogen and oxygen atoms in total. The predicted octanol–water partition coefficient (Wildman–Crippen LogP) is 3.79. The topological polar surface area (TPSA) is 207 Å². The quantitative estimate of drug-likeness (QED) is 0.0476. The molecule has 13 heteroatoms. The molecule has 0 spiro atoms. The molecule has 0 aromatic rings. The Morgan fingerprint density at radius 1 is 0.578 bits per heavy atom. The van der Waals surface area contributed by atoms with Crippen molar-refractivity contribution in [3.05, 3.63) is 12.2 Å². The third-order valence-corrected chi connectivity index (χ3v) is 7.82. The minimum atomic E-state index is -1.31. The molecule has 1 rings (SSSR count). The molecule has 1 atom stereocenters. The van der Waals surface area contributed by atoms with Gasteiger partial charge in [0.1, 0.15) is 6.04 Å². The fraction of sp³-hybridized carbons (Fsp3) is 0.719. The molecular formula is C32H51N3O10. The molecule has 5 N–H and O–H groups in total. The Hall–Kier alpha value is -3.77. The summed E-state index contributed by atoms with van der Waals surface area (Å²) in [6.07, 6.45) is 17.5. The van der Waals surface area contributed by atoms with E-state index >= 15 is 0 Å². The van der Waals surface area contributed by atoms with Crippen LogP contribution in [0.3, 0.4) is 0 Å². The number of unbranched alkanes of at least 4 members (excludes halogenated alkanes) is 14. The van der Waals surface area contributed by atoms with Gasteiger partial charge in [-0.1, -0.05) is 83.5 Å². The summed E-state index contributed by atoms with van der Waals surface area (Å²) in [6.45, 7) is 0.0889. The number of nitrogens with one attached hydrogen (secondary N) is 2. The second-order valence-electron chi connectivity index (χ2n) is 11.6. The first kappa shape index (κ1) is 39.3. The van der Waals surface area contributed by atoms with Crippen LogP contribution in [0.1, 0.15) is 122 Å². The number of carbonyl (C=O) groups excluding carboxylic acids is 4. The van der Waals surface area contributed by atoms with Gasteiger partial charge in [0.25, 0.3) is 11.8 Å². The molecule has 4 amide bonds. The van der Waals surface area contributed by atoms with E-state index in [0.717, 1.165) is 75.5 Å². The summed E-state index contributed by atoms with van der Waals surface area (Å²) in [4.78, 5) is 81.7. The molecule has 1 aliphatic rings. The zero-order valence-corrected chi connectivity index (χ0v) is 26.3. The summed E-state index contributed by atoms with van der Waals surface area (Å²) in [5.41, 5.74) is 0. The van der Waals surface area contributed by atoms with Crippen molar-refractivity contribution in [2.24, 2.45) is 5.92 Å². The van der Waals surface area contributed by atoms with Crippen molar-refractivity contribution in [3.8, 4) is 0 Å². The second-order valence-corrected chi connectivity index (χ2v) is 11.6. The second kappa shape index (κ2) is 23.6. The number of hydrogen-bond donors (Lipinski definition) is 5. The Balaban J connectivity index is 1.98. The highest BCUT2D eigenvalue weighted by Crippen LogP contribution is 2.15. The molecule has 0 saturated heterocycles. The van der Waals surface area contributed by atoms with Crippen LogP contribution in [0.15, 0.2) is 12.2 Å². The Kier molecular flexibility index (Phi) is 20.6. The summed E-state index contributed by atoms with van der Waals surface area (Å²) in [5.74, 6) is -6.43. The van der Waals surface area contributed by atoms with E-state index in [9.17, 15) is 38.7 Å². The van der Waals surface area contributed by atoms with Crippen molar-refractivity contribution in [3.63, 3.8) is 0 Å². The maximum Gasteiger partial charge on any atom is 0.328 e. The van der Waals surface area contributed by atoms with E-state index in [1.54, 1.807) is 0 Å². The van der Waals surface area contributed by atoms with Crippen LogP contribution < -0.4 is 10.6 Å². The van der Waals surface area contributed by atoms with Crippen molar-refractivity contribution in [2.45, 2.75) is 128 Å². The number of imide groups is 1. The highest BCUT2D eigenvalue weighted by molar-refractivity contribution is 6.12. The number of hydrogen-bond acceptors (Lipinski definition) is 7. The Labute approximate surface area is 265 Å². The van der Waals surface area contributed by atoms with Gasteiger partial charge in [0.05, 0.1) is 0 Å². The average Bonchev–Trinajstić information content (AvgIpc) is 3.30. The molecule has 254 valence electrons. The molecule has 1 unspecified atom stereocenters. The largest absolute Gasteiger partial charge is 0.481 e. The van der Waals surface area contributed by atoms with Gasteiger partial charge in [0.2, 0.25) is 11.8 Å². The molecule has 0 aromatic heterocycles. The van der Waals surface area contributed by atoms with Crippen LogP contribution in [0.5, 0.6) is 0 Å². The fourth-order valence-electron chi connectivity index (χ4n) is 5.09. The van der Waals surface area contributed by atoms with Gasteiger partial charge in [-0.15, -0.1) is 0 Å². The first-order chi connectivity index (χ1) is 21.5. The van der Waals surface area contributed by atoms with Crippen LogP contribution in [0, 0.1) is 5.92 Å². The predicted molar refractivity (Wildman–Crippen MR) is 165 cm³/mol. The number of rotatable bonds is 28. The van der Waals surface area contributed by atoms with Gasteiger partial charge in [-0.25, -0.2) is 4.79 Å². The lowest BCUT2D eigenvalue weighted by Gasteiger charge is -2.15. The van der Waals surface area contributed by atoms with E-state index in [1.807, 2.05) is 0 Å². The van der Waals surface area contributed by atoms with Gasteiger partial charge in [-0.2, -0.15) is 0 Å². The minimum Gasteiger partial charge on any atom is -0.481 e. The van der Waals surface area contributed by atoms with Gasteiger partial charge in [0.15, 0.2) is 5.92 Å². The van der Waals surface area contributed by atoms with E-state index in [1.165, 1.54) is 12.2 Å². The first-order valence-electron chi connectivity index (χ1n) is 16.3. The number of nitrogens with zero attached hydrogens (tertiary/aromatic N) is 1. The summed E-state index contributed by atoms with van der Waals surface area (Å²) >= 11 is 0. The van der Waals surface area contributed by atoms with Crippen molar-refractivity contribution >= 4 is 41.5 Å². The Morgan fingerprint density at radius 2 is 1.00 bits per heavy atom. The molecule has 0 aromatic carbocycles. The standard InChI is InChI=1S/C32H51N3O10/c36-26(18-15-12-16-22-35-28(38)20-21-29(35)39)33-23-25(32(44)45)34-27(37)19-14-11-9-7-5-3-1-2-4-6-8-10-13-17-24(30(40)41)31(42)43/h20-21,24-25H,1-19,22-23H2,(H,33,36)(H,34,37)(H,40,41)(H,42,43)(H,44,45). The molecule has 0 aliphatic carbocycles. The van der Waals surface area contributed by atoms with Crippen molar-refractivity contribution in [1.29, 1.82) is 0 Å². The molecule has 1 heterocycles. The lowest BCUT2D eigenvalue weighted by molar-refractivity contribution is -0.155. The molecule has 0 saturated carbocycles. The highest BCUT2D eigenvalue weighted by Gasteiger charge is 2.25. The summed E-state index contributed by atoms with van der Waals surface area (Å²) in [7, 11) is 0. The highest BCUT2D eigenvalue weighted by atomic mass is 16.4. The molecule has 0 radical (unpaired) electrons. The summed E-state index contributed by atoms with van der Waals surface area (Å²) in [6, 6.07) is -1.21. The van der Waals surface area contributed by atoms with Crippen molar-refractivity contribution in [2.75, 3.05) is 13.1 Å². The van der Waals surface area contributed by atoms with Crippen LogP contribution in [0.4, 0.5) is 0 Å². The van der Waals surface area contributed by atoms with Crippen LogP contribution in [-0.4, -0.2) is 80.9 Å². The minimum absolute atomic E-state index is 0.176. The normalized spacial score (nSPS) is 13.3. The van der Waals surface area contributed by atoms with E-state index in [-0.39, 0.29) is 49.4 Å². The molecule has 0 fully saturated rings. The molecule has 0 bridgehead atoms. The van der Waals surface area contributed by atoms with Gasteiger partial charge in [0, 0.05) is 38.1 Å². The zero-order chi connectivity index (χ0) is 33.5. The van der Waals surface area contributed by atoms with Gasteiger partial charge >= 0.3 is 17.9 Å². The number of carbonyl (C=O) groups is 7. The first-order valence-corrected chi connectivity index (χ1v) is 16.3. The monoisotopic (exact) mass is 637 g/mol. The van der Waals surface area contributed by atoms with Gasteiger partial charge in [-0.05, 0) is 25.7 Å². The maximum atomic E-state index is 12.2. The van der Waals surface area contributed by atoms with Crippen LogP contribution in [0.2, 0.25) is 0 Å². The fourth-order valence-corrected chi connectivity index (χ4v) is 5.09. The SMILES string of the molecule is O=C(CCCCCN1C(=O)C=CC1=O)NCC(NC(=O)CCCCCCCCCCCCCCCC(C(=O)O)C(=O)O)C(=O)O. The Morgan fingerprint density at radius 3 is 1.47 bits per heavy atom. The average molecular weight is 638 g/mol. The Bertz CT molecular complexity index is 981. The molecular weight excluding hydrogens is 586 g/mol. The van der Waals surface area contributed by atoms with E-state index < -0.39 is 29.9 Å². The van der Waals surface area contributed by atoms with Gasteiger partial charge in [-0.3, -0.25) is 33.7 Å². The van der Waals surface area contributed by atoms with E-state index in [0.29, 0.717) is 38.6 Å². The van der Waals surface area contributed by atoms with E-state index in [4.69, 9.17) is 10.2 Å².